The maximum absolute atomic E-state index is 3.48. The fourth-order valence-corrected chi connectivity index (χ4v) is 3.67. The second-order valence-electron chi connectivity index (χ2n) is 3.51. The molecular formula is C11H13BrSi. The van der Waals surface area contributed by atoms with Crippen molar-refractivity contribution in [3.63, 3.8) is 0 Å². The predicted octanol–water partition coefficient (Wildman–Crippen LogP) is 2.93. The number of hydrogen-bond acceptors (Lipinski definition) is 0. The maximum atomic E-state index is 3.48. The molecule has 0 bridgehead atoms. The summed E-state index contributed by atoms with van der Waals surface area (Å²) in [5, 5.41) is 1.39. The van der Waals surface area contributed by atoms with Gasteiger partial charge in [-0.15, -0.1) is 11.5 Å². The summed E-state index contributed by atoms with van der Waals surface area (Å²) in [5.74, 6) is 3.02. The molecule has 0 saturated heterocycles. The van der Waals surface area contributed by atoms with Crippen molar-refractivity contribution >= 4 is 29.2 Å². The summed E-state index contributed by atoms with van der Waals surface area (Å²) in [4.78, 5) is 0. The minimum absolute atomic E-state index is 1.14. The Kier molecular flexibility index (Phi) is 3.35. The van der Waals surface area contributed by atoms with E-state index in [2.05, 4.69) is 58.7 Å². The highest BCUT2D eigenvalue weighted by Crippen LogP contribution is 2.09. The second-order valence-corrected chi connectivity index (χ2v) is 8.50. The van der Waals surface area contributed by atoms with Crippen LogP contribution in [-0.4, -0.2) is 8.07 Å². The first kappa shape index (κ1) is 10.6. The van der Waals surface area contributed by atoms with Crippen molar-refractivity contribution in [3.8, 4) is 11.5 Å². The van der Waals surface area contributed by atoms with Gasteiger partial charge in [-0.2, -0.15) is 0 Å². The largest absolute Gasteiger partial charge is 0.162 e. The third-order valence-corrected chi connectivity index (χ3v) is 5.11. The molecule has 2 heteroatoms. The van der Waals surface area contributed by atoms with Crippen molar-refractivity contribution < 1.29 is 0 Å². The van der Waals surface area contributed by atoms with Crippen LogP contribution in [0.4, 0.5) is 0 Å². The van der Waals surface area contributed by atoms with Gasteiger partial charge in [-0.25, -0.2) is 0 Å². The van der Waals surface area contributed by atoms with Crippen molar-refractivity contribution in [1.29, 1.82) is 0 Å². The molecule has 0 aromatic heterocycles. The molecule has 0 aliphatic carbocycles. The molecule has 0 radical (unpaired) electrons. The van der Waals surface area contributed by atoms with Crippen molar-refractivity contribution in [2.75, 3.05) is 0 Å². The molecule has 1 aromatic rings. The van der Waals surface area contributed by atoms with E-state index < -0.39 is 8.07 Å². The lowest BCUT2D eigenvalue weighted by molar-refractivity contribution is 1.67. The lowest BCUT2D eigenvalue weighted by Crippen LogP contribution is -2.40. The fourth-order valence-electron chi connectivity index (χ4n) is 1.26. The third-order valence-electron chi connectivity index (χ3n) is 1.98. The first-order valence-corrected chi connectivity index (χ1v) is 8.05. The van der Waals surface area contributed by atoms with Crippen LogP contribution in [0, 0.1) is 11.5 Å². The summed E-state index contributed by atoms with van der Waals surface area (Å²) in [6, 6.07) is 8.47. The van der Waals surface area contributed by atoms with E-state index in [1.807, 2.05) is 13.0 Å². The molecule has 0 amide bonds. The molecule has 0 aliphatic rings. The highest BCUT2D eigenvalue weighted by molar-refractivity contribution is 9.10. The quantitative estimate of drug-likeness (QED) is 0.533. The predicted molar refractivity (Wildman–Crippen MR) is 64.7 cm³/mol. The standard InChI is InChI=1S/C11H13BrSi/c1-4-8-13(2,3)11-7-5-6-10(12)9-11/h5-7,9H,1-3H3. The molecule has 0 saturated carbocycles. The zero-order chi connectivity index (χ0) is 9.90. The van der Waals surface area contributed by atoms with Gasteiger partial charge in [0.15, 0.2) is 8.07 Å². The van der Waals surface area contributed by atoms with E-state index in [1.165, 1.54) is 5.19 Å². The Morgan fingerprint density at radius 1 is 1.31 bits per heavy atom. The third kappa shape index (κ3) is 2.72. The Bertz CT molecular complexity index is 358. The van der Waals surface area contributed by atoms with Gasteiger partial charge in [0.2, 0.25) is 0 Å². The van der Waals surface area contributed by atoms with Gasteiger partial charge >= 0.3 is 0 Å². The minimum atomic E-state index is -1.50. The average molecular weight is 253 g/mol. The summed E-state index contributed by atoms with van der Waals surface area (Å²) in [6.07, 6.45) is 0. The molecule has 13 heavy (non-hydrogen) atoms. The minimum Gasteiger partial charge on any atom is -0.126 e. The van der Waals surface area contributed by atoms with E-state index in [-0.39, 0.29) is 0 Å². The summed E-state index contributed by atoms with van der Waals surface area (Å²) in [7, 11) is -1.50. The molecule has 0 fully saturated rings. The molecule has 0 N–H and O–H groups in total. The van der Waals surface area contributed by atoms with E-state index in [0.717, 1.165) is 4.47 Å². The number of benzene rings is 1. The summed E-state index contributed by atoms with van der Waals surface area (Å²) in [5.41, 5.74) is 3.33. The van der Waals surface area contributed by atoms with Gasteiger partial charge in [0, 0.05) is 4.47 Å². The van der Waals surface area contributed by atoms with Gasteiger partial charge < -0.3 is 0 Å². The Labute approximate surface area is 89.5 Å². The van der Waals surface area contributed by atoms with Gasteiger partial charge in [-0.3, -0.25) is 0 Å². The van der Waals surface area contributed by atoms with Crippen LogP contribution in [0.2, 0.25) is 13.1 Å². The Balaban J connectivity index is 3.12. The van der Waals surface area contributed by atoms with Crippen LogP contribution in [0.15, 0.2) is 28.7 Å². The highest BCUT2D eigenvalue weighted by Gasteiger charge is 2.20. The molecule has 0 spiro atoms. The van der Waals surface area contributed by atoms with Gasteiger partial charge in [0.1, 0.15) is 0 Å². The van der Waals surface area contributed by atoms with Crippen LogP contribution in [0.1, 0.15) is 6.92 Å². The summed E-state index contributed by atoms with van der Waals surface area (Å²) >= 11 is 3.48. The van der Waals surface area contributed by atoms with Crippen LogP contribution in [0.25, 0.3) is 0 Å². The van der Waals surface area contributed by atoms with Crippen LogP contribution in [0.5, 0.6) is 0 Å². The number of halogens is 1. The van der Waals surface area contributed by atoms with Gasteiger partial charge in [0.05, 0.1) is 0 Å². The zero-order valence-electron chi connectivity index (χ0n) is 8.19. The molecule has 1 rings (SSSR count). The maximum Gasteiger partial charge on any atom is 0.162 e. The molecule has 0 heterocycles. The highest BCUT2D eigenvalue weighted by atomic mass is 79.9. The molecule has 0 nitrogen and oxygen atoms in total. The van der Waals surface area contributed by atoms with E-state index in [1.54, 1.807) is 0 Å². The first-order valence-electron chi connectivity index (χ1n) is 4.26. The van der Waals surface area contributed by atoms with E-state index in [4.69, 9.17) is 0 Å². The van der Waals surface area contributed by atoms with Gasteiger partial charge in [0.25, 0.3) is 0 Å². The lowest BCUT2D eigenvalue weighted by atomic mass is 10.4. The second kappa shape index (κ2) is 4.12. The van der Waals surface area contributed by atoms with Gasteiger partial charge in [-0.1, -0.05) is 41.2 Å². The first-order chi connectivity index (χ1) is 6.06. The Hall–Kier alpha value is -0.523. The van der Waals surface area contributed by atoms with Crippen LogP contribution in [0.3, 0.4) is 0 Å². The van der Waals surface area contributed by atoms with Crippen molar-refractivity contribution in [3.05, 3.63) is 28.7 Å². The van der Waals surface area contributed by atoms with Crippen LogP contribution >= 0.6 is 15.9 Å². The van der Waals surface area contributed by atoms with Crippen LogP contribution in [-0.2, 0) is 0 Å². The normalized spacial score (nSPS) is 10.5. The number of hydrogen-bond donors (Lipinski definition) is 0. The average Bonchev–Trinajstić information content (AvgIpc) is 2.04. The molecule has 1 aromatic carbocycles. The summed E-state index contributed by atoms with van der Waals surface area (Å²) in [6.45, 7) is 6.45. The smallest absolute Gasteiger partial charge is 0.126 e. The Morgan fingerprint density at radius 2 is 2.00 bits per heavy atom. The SMILES string of the molecule is CC#C[Si](C)(C)c1cccc(Br)c1. The van der Waals surface area contributed by atoms with Crippen molar-refractivity contribution in [2.24, 2.45) is 0 Å². The molecule has 0 atom stereocenters. The molecule has 0 aliphatic heterocycles. The van der Waals surface area contributed by atoms with E-state index >= 15 is 0 Å². The summed E-state index contributed by atoms with van der Waals surface area (Å²) < 4.78 is 1.14. The van der Waals surface area contributed by atoms with Crippen molar-refractivity contribution in [1.82, 2.24) is 0 Å². The van der Waals surface area contributed by atoms with E-state index in [0.29, 0.717) is 0 Å². The monoisotopic (exact) mass is 252 g/mol. The molecule has 68 valence electrons. The zero-order valence-corrected chi connectivity index (χ0v) is 10.8. The topological polar surface area (TPSA) is 0 Å². The number of rotatable bonds is 1. The lowest BCUT2D eigenvalue weighted by Gasteiger charge is -2.15. The fraction of sp³-hybridized carbons (Fsp3) is 0.273. The van der Waals surface area contributed by atoms with Gasteiger partial charge in [-0.05, 0) is 24.2 Å². The Morgan fingerprint density at radius 3 is 2.54 bits per heavy atom. The molecule has 0 unspecified atom stereocenters. The van der Waals surface area contributed by atoms with Crippen LogP contribution < -0.4 is 5.19 Å². The molecular weight excluding hydrogens is 240 g/mol. The van der Waals surface area contributed by atoms with Crippen molar-refractivity contribution in [2.45, 2.75) is 20.0 Å². The van der Waals surface area contributed by atoms with E-state index in [9.17, 15) is 0 Å².